The third kappa shape index (κ3) is 2.01. The highest BCUT2D eigenvalue weighted by Gasteiger charge is 2.14. The van der Waals surface area contributed by atoms with Gasteiger partial charge in [-0.3, -0.25) is 0 Å². The third-order valence-corrected chi connectivity index (χ3v) is 2.71. The number of nitrogens with two attached hydrogens (primary N) is 1. The van der Waals surface area contributed by atoms with Crippen molar-refractivity contribution in [3.8, 4) is 17.1 Å². The number of hydrogen-bond acceptors (Lipinski definition) is 6. The van der Waals surface area contributed by atoms with Crippen LogP contribution in [-0.4, -0.2) is 30.2 Å². The molecule has 0 aliphatic rings. The molecular formula is C12H11N7. The smallest absolute Gasteiger partial charge is 0.220 e. The van der Waals surface area contributed by atoms with Gasteiger partial charge in [-0.1, -0.05) is 18.2 Å². The molecule has 94 valence electrons. The minimum atomic E-state index is 0.236. The summed E-state index contributed by atoms with van der Waals surface area (Å²) in [6, 6.07) is 9.63. The van der Waals surface area contributed by atoms with E-state index in [1.54, 1.807) is 10.9 Å². The number of anilines is 1. The maximum atomic E-state index is 5.55. The van der Waals surface area contributed by atoms with Crippen molar-refractivity contribution in [2.75, 3.05) is 5.73 Å². The Labute approximate surface area is 109 Å². The molecule has 2 heterocycles. The van der Waals surface area contributed by atoms with Crippen LogP contribution in [0.5, 0.6) is 0 Å². The van der Waals surface area contributed by atoms with Crippen LogP contribution in [0, 0.1) is 6.92 Å². The van der Waals surface area contributed by atoms with Gasteiger partial charge in [0.15, 0.2) is 5.82 Å². The molecule has 7 heteroatoms. The van der Waals surface area contributed by atoms with E-state index in [1.165, 1.54) is 0 Å². The number of aromatic nitrogens is 6. The Hall–Kier alpha value is -2.83. The van der Waals surface area contributed by atoms with E-state index in [-0.39, 0.29) is 5.95 Å². The molecule has 0 amide bonds. The number of nitrogen functional groups attached to an aromatic ring is 1. The Balaban J connectivity index is 2.15. The predicted octanol–water partition coefficient (Wildman–Crippen LogP) is 1.01. The Bertz CT molecular complexity index is 705. The zero-order chi connectivity index (χ0) is 13.2. The van der Waals surface area contributed by atoms with Gasteiger partial charge >= 0.3 is 0 Å². The minimum Gasteiger partial charge on any atom is -0.368 e. The van der Waals surface area contributed by atoms with Crippen LogP contribution in [0.2, 0.25) is 0 Å². The fraction of sp³-hybridized carbons (Fsp3) is 0.0833. The molecule has 3 aromatic rings. The molecule has 0 saturated heterocycles. The highest BCUT2D eigenvalue weighted by Crippen LogP contribution is 2.21. The van der Waals surface area contributed by atoms with E-state index in [1.807, 2.05) is 37.3 Å². The van der Waals surface area contributed by atoms with Crippen LogP contribution in [0.15, 0.2) is 36.5 Å². The topological polar surface area (TPSA) is 95.4 Å². The molecule has 0 spiro atoms. The van der Waals surface area contributed by atoms with E-state index in [0.29, 0.717) is 5.82 Å². The summed E-state index contributed by atoms with van der Waals surface area (Å²) in [5.74, 6) is 0.823. The van der Waals surface area contributed by atoms with Gasteiger partial charge in [-0.15, -0.1) is 5.10 Å². The van der Waals surface area contributed by atoms with E-state index in [2.05, 4.69) is 25.5 Å². The van der Waals surface area contributed by atoms with E-state index in [0.717, 1.165) is 16.9 Å². The van der Waals surface area contributed by atoms with Crippen molar-refractivity contribution in [1.29, 1.82) is 0 Å². The maximum Gasteiger partial charge on any atom is 0.220 e. The second kappa shape index (κ2) is 4.45. The summed E-state index contributed by atoms with van der Waals surface area (Å²) in [6.07, 6.45) is 1.63. The average Bonchev–Trinajstić information content (AvgIpc) is 2.89. The highest BCUT2D eigenvalue weighted by atomic mass is 15.5. The lowest BCUT2D eigenvalue weighted by atomic mass is 10.2. The fourth-order valence-electron chi connectivity index (χ4n) is 1.80. The van der Waals surface area contributed by atoms with Gasteiger partial charge in [0.25, 0.3) is 0 Å². The van der Waals surface area contributed by atoms with E-state index in [4.69, 9.17) is 5.73 Å². The van der Waals surface area contributed by atoms with Crippen LogP contribution in [0.3, 0.4) is 0 Å². The summed E-state index contributed by atoms with van der Waals surface area (Å²) < 4.78 is 1.64. The second-order valence-electron chi connectivity index (χ2n) is 3.98. The standard InChI is InChI=1S/C12H11N7/c1-8-10(7-14-12(13)15-8)11-16-17-18-19(11)9-5-3-2-4-6-9/h2-7H,1H3,(H2,13,14,15). The summed E-state index contributed by atoms with van der Waals surface area (Å²) in [4.78, 5) is 8.11. The molecular weight excluding hydrogens is 242 g/mol. The predicted molar refractivity (Wildman–Crippen MR) is 69.3 cm³/mol. The molecule has 3 rings (SSSR count). The lowest BCUT2D eigenvalue weighted by molar-refractivity contribution is 0.791. The summed E-state index contributed by atoms with van der Waals surface area (Å²) in [7, 11) is 0. The van der Waals surface area contributed by atoms with Gasteiger partial charge in [-0.2, -0.15) is 4.68 Å². The van der Waals surface area contributed by atoms with Gasteiger partial charge < -0.3 is 5.73 Å². The number of benzene rings is 1. The monoisotopic (exact) mass is 253 g/mol. The van der Waals surface area contributed by atoms with Crippen molar-refractivity contribution < 1.29 is 0 Å². The zero-order valence-electron chi connectivity index (χ0n) is 10.2. The molecule has 0 atom stereocenters. The molecule has 0 unspecified atom stereocenters. The van der Waals surface area contributed by atoms with Crippen LogP contribution >= 0.6 is 0 Å². The van der Waals surface area contributed by atoms with Crippen molar-refractivity contribution >= 4 is 5.95 Å². The summed E-state index contributed by atoms with van der Waals surface area (Å²) >= 11 is 0. The van der Waals surface area contributed by atoms with Crippen molar-refractivity contribution in [3.63, 3.8) is 0 Å². The molecule has 2 aromatic heterocycles. The Morgan fingerprint density at radius 2 is 1.95 bits per heavy atom. The summed E-state index contributed by atoms with van der Waals surface area (Å²) in [6.45, 7) is 1.84. The van der Waals surface area contributed by atoms with Gasteiger partial charge in [0.2, 0.25) is 5.95 Å². The van der Waals surface area contributed by atoms with Crippen LogP contribution in [0.25, 0.3) is 17.1 Å². The van der Waals surface area contributed by atoms with Gasteiger partial charge in [0, 0.05) is 6.20 Å². The van der Waals surface area contributed by atoms with Gasteiger partial charge in [-0.25, -0.2) is 9.97 Å². The molecule has 0 radical (unpaired) electrons. The van der Waals surface area contributed by atoms with Crippen molar-refractivity contribution in [2.24, 2.45) is 0 Å². The number of aryl methyl sites for hydroxylation is 1. The molecule has 7 nitrogen and oxygen atoms in total. The van der Waals surface area contributed by atoms with Crippen molar-refractivity contribution in [1.82, 2.24) is 30.2 Å². The van der Waals surface area contributed by atoms with Crippen LogP contribution < -0.4 is 5.73 Å². The maximum absolute atomic E-state index is 5.55. The van der Waals surface area contributed by atoms with E-state index in [9.17, 15) is 0 Å². The zero-order valence-corrected chi connectivity index (χ0v) is 10.2. The molecule has 0 saturated carbocycles. The largest absolute Gasteiger partial charge is 0.368 e. The van der Waals surface area contributed by atoms with Crippen LogP contribution in [0.4, 0.5) is 5.95 Å². The van der Waals surface area contributed by atoms with E-state index >= 15 is 0 Å². The lowest BCUT2D eigenvalue weighted by Gasteiger charge is -2.06. The Kier molecular flexibility index (Phi) is 2.64. The molecule has 0 aliphatic heterocycles. The quantitative estimate of drug-likeness (QED) is 0.732. The normalized spacial score (nSPS) is 10.6. The first-order chi connectivity index (χ1) is 9.25. The van der Waals surface area contributed by atoms with Crippen molar-refractivity contribution in [3.05, 3.63) is 42.2 Å². The molecule has 1 aromatic carbocycles. The first-order valence-corrected chi connectivity index (χ1v) is 5.69. The SMILES string of the molecule is Cc1nc(N)ncc1-c1nnnn1-c1ccccc1. The van der Waals surface area contributed by atoms with Gasteiger partial charge in [0.05, 0.1) is 16.9 Å². The molecule has 2 N–H and O–H groups in total. The number of rotatable bonds is 2. The van der Waals surface area contributed by atoms with Gasteiger partial charge in [-0.05, 0) is 29.5 Å². The summed E-state index contributed by atoms with van der Waals surface area (Å²) in [5.41, 5.74) is 7.91. The van der Waals surface area contributed by atoms with Crippen LogP contribution in [0.1, 0.15) is 5.69 Å². The Morgan fingerprint density at radius 1 is 1.16 bits per heavy atom. The first-order valence-electron chi connectivity index (χ1n) is 5.69. The van der Waals surface area contributed by atoms with Crippen LogP contribution in [-0.2, 0) is 0 Å². The number of hydrogen-bond donors (Lipinski definition) is 1. The molecule has 0 aliphatic carbocycles. The molecule has 19 heavy (non-hydrogen) atoms. The van der Waals surface area contributed by atoms with Gasteiger partial charge in [0.1, 0.15) is 0 Å². The number of tetrazole rings is 1. The van der Waals surface area contributed by atoms with Crippen molar-refractivity contribution in [2.45, 2.75) is 6.92 Å². The fourth-order valence-corrected chi connectivity index (χ4v) is 1.80. The molecule has 0 bridgehead atoms. The molecule has 0 fully saturated rings. The number of nitrogens with zero attached hydrogens (tertiary/aromatic N) is 6. The number of para-hydroxylation sites is 1. The average molecular weight is 253 g/mol. The minimum absolute atomic E-state index is 0.236. The van der Waals surface area contributed by atoms with E-state index < -0.39 is 0 Å². The Morgan fingerprint density at radius 3 is 2.68 bits per heavy atom. The first kappa shape index (κ1) is 11.3. The summed E-state index contributed by atoms with van der Waals surface area (Å²) in [5, 5.41) is 11.7. The third-order valence-electron chi connectivity index (χ3n) is 2.71. The second-order valence-corrected chi connectivity index (χ2v) is 3.98. The lowest BCUT2D eigenvalue weighted by Crippen LogP contribution is -2.03. The highest BCUT2D eigenvalue weighted by molar-refractivity contribution is 5.59.